The van der Waals surface area contributed by atoms with Crippen molar-refractivity contribution >= 4 is 5.97 Å². The molecular formula is C11H13N3O4. The maximum absolute atomic E-state index is 11.5. The number of nitriles is 1. The lowest BCUT2D eigenvalue weighted by Gasteiger charge is -2.22. The molecule has 96 valence electrons. The van der Waals surface area contributed by atoms with E-state index in [1.165, 1.54) is 7.11 Å². The van der Waals surface area contributed by atoms with Gasteiger partial charge in [0, 0.05) is 12.7 Å². The molecule has 0 unspecified atom stereocenters. The number of ether oxygens (including phenoxy) is 1. The molecule has 7 heteroatoms. The van der Waals surface area contributed by atoms with Crippen LogP contribution in [-0.2, 0) is 16.1 Å². The lowest BCUT2D eigenvalue weighted by atomic mass is 9.93. The Balaban J connectivity index is 3.21. The first-order chi connectivity index (χ1) is 8.31. The molecular weight excluding hydrogens is 238 g/mol. The average molecular weight is 251 g/mol. The molecule has 0 aliphatic rings. The van der Waals surface area contributed by atoms with E-state index >= 15 is 0 Å². The molecule has 0 spiro atoms. The summed E-state index contributed by atoms with van der Waals surface area (Å²) in [5.74, 6) is -0.487. The smallest absolute Gasteiger partial charge is 0.328 e. The van der Waals surface area contributed by atoms with E-state index in [2.05, 4.69) is 4.74 Å². The topological polar surface area (TPSA) is 105 Å². The number of aromatic nitrogens is 2. The molecule has 0 aliphatic carbocycles. The fourth-order valence-electron chi connectivity index (χ4n) is 1.47. The monoisotopic (exact) mass is 251 g/mol. The number of hydrogen-bond donors (Lipinski definition) is 1. The van der Waals surface area contributed by atoms with E-state index in [0.29, 0.717) is 0 Å². The summed E-state index contributed by atoms with van der Waals surface area (Å²) in [7, 11) is 1.25. The van der Waals surface area contributed by atoms with Crippen molar-refractivity contribution < 1.29 is 9.53 Å². The zero-order chi connectivity index (χ0) is 13.9. The third-order valence-corrected chi connectivity index (χ3v) is 2.43. The minimum Gasteiger partial charge on any atom is -0.469 e. The van der Waals surface area contributed by atoms with Crippen molar-refractivity contribution in [1.29, 1.82) is 5.26 Å². The molecule has 0 saturated carbocycles. The third kappa shape index (κ3) is 2.66. The van der Waals surface area contributed by atoms with E-state index in [1.807, 2.05) is 4.98 Å². The van der Waals surface area contributed by atoms with Gasteiger partial charge in [0.15, 0.2) is 0 Å². The predicted molar refractivity (Wildman–Crippen MR) is 61.8 cm³/mol. The van der Waals surface area contributed by atoms with Crippen molar-refractivity contribution in [3.05, 3.63) is 32.6 Å². The van der Waals surface area contributed by atoms with E-state index in [4.69, 9.17) is 5.26 Å². The first kappa shape index (κ1) is 13.7. The molecule has 0 atom stereocenters. The molecule has 0 bridgehead atoms. The van der Waals surface area contributed by atoms with Gasteiger partial charge >= 0.3 is 11.7 Å². The molecule has 0 amide bonds. The molecule has 1 aromatic rings. The van der Waals surface area contributed by atoms with Gasteiger partial charge in [0.25, 0.3) is 5.56 Å². The van der Waals surface area contributed by atoms with Crippen molar-refractivity contribution in [3.8, 4) is 6.07 Å². The molecule has 1 aromatic heterocycles. The van der Waals surface area contributed by atoms with Crippen molar-refractivity contribution in [2.45, 2.75) is 20.4 Å². The van der Waals surface area contributed by atoms with Crippen LogP contribution >= 0.6 is 0 Å². The van der Waals surface area contributed by atoms with Gasteiger partial charge in [-0.05, 0) is 13.8 Å². The normalized spacial score (nSPS) is 10.8. The van der Waals surface area contributed by atoms with Crippen LogP contribution in [0.5, 0.6) is 0 Å². The highest BCUT2D eigenvalue weighted by atomic mass is 16.5. The first-order valence-electron chi connectivity index (χ1n) is 5.14. The second-order valence-electron chi connectivity index (χ2n) is 4.42. The third-order valence-electron chi connectivity index (χ3n) is 2.43. The van der Waals surface area contributed by atoms with Crippen LogP contribution in [0.25, 0.3) is 0 Å². The number of rotatable bonds is 3. The fourth-order valence-corrected chi connectivity index (χ4v) is 1.47. The average Bonchev–Trinajstić information content (AvgIpc) is 2.31. The van der Waals surface area contributed by atoms with Crippen molar-refractivity contribution in [2.24, 2.45) is 5.41 Å². The summed E-state index contributed by atoms with van der Waals surface area (Å²) in [4.78, 5) is 36.2. The zero-order valence-corrected chi connectivity index (χ0v) is 10.3. The van der Waals surface area contributed by atoms with E-state index in [-0.39, 0.29) is 12.1 Å². The first-order valence-corrected chi connectivity index (χ1v) is 5.14. The summed E-state index contributed by atoms with van der Waals surface area (Å²) in [5, 5.41) is 8.71. The molecule has 1 heterocycles. The Morgan fingerprint density at radius 1 is 1.56 bits per heavy atom. The van der Waals surface area contributed by atoms with Gasteiger partial charge < -0.3 is 4.74 Å². The number of methoxy groups -OCH3 is 1. The number of hydrogen-bond acceptors (Lipinski definition) is 5. The van der Waals surface area contributed by atoms with Gasteiger partial charge in [-0.15, -0.1) is 0 Å². The number of esters is 1. The standard InChI is InChI=1S/C11H13N3O4/c1-11(2,9(16)18-3)6-14-5-7(4-12)8(15)13-10(14)17/h5H,6H2,1-3H3,(H,13,15,17). The van der Waals surface area contributed by atoms with E-state index in [9.17, 15) is 14.4 Å². The summed E-state index contributed by atoms with van der Waals surface area (Å²) >= 11 is 0. The van der Waals surface area contributed by atoms with Gasteiger partial charge in [0.1, 0.15) is 11.6 Å². The Labute approximate surface area is 103 Å². The van der Waals surface area contributed by atoms with Crippen molar-refractivity contribution in [1.82, 2.24) is 9.55 Å². The number of H-pyrrole nitrogens is 1. The Morgan fingerprint density at radius 2 is 2.17 bits per heavy atom. The van der Waals surface area contributed by atoms with Crippen LogP contribution in [-0.4, -0.2) is 22.6 Å². The Hall–Kier alpha value is -2.36. The van der Waals surface area contributed by atoms with Crippen LogP contribution in [0, 0.1) is 16.7 Å². The fraction of sp³-hybridized carbons (Fsp3) is 0.455. The van der Waals surface area contributed by atoms with Gasteiger partial charge in [0.05, 0.1) is 12.5 Å². The summed E-state index contributed by atoms with van der Waals surface area (Å²) in [6.07, 6.45) is 1.13. The second-order valence-corrected chi connectivity index (χ2v) is 4.42. The highest BCUT2D eigenvalue weighted by molar-refractivity contribution is 5.75. The van der Waals surface area contributed by atoms with E-state index in [1.54, 1.807) is 19.9 Å². The van der Waals surface area contributed by atoms with Gasteiger partial charge in [-0.2, -0.15) is 5.26 Å². The maximum atomic E-state index is 11.5. The van der Waals surface area contributed by atoms with E-state index in [0.717, 1.165) is 10.8 Å². The van der Waals surface area contributed by atoms with Gasteiger partial charge in [-0.3, -0.25) is 19.1 Å². The largest absolute Gasteiger partial charge is 0.469 e. The molecule has 1 N–H and O–H groups in total. The lowest BCUT2D eigenvalue weighted by molar-refractivity contribution is -0.151. The Morgan fingerprint density at radius 3 is 2.67 bits per heavy atom. The van der Waals surface area contributed by atoms with Crippen LogP contribution < -0.4 is 11.2 Å². The number of nitrogens with zero attached hydrogens (tertiary/aromatic N) is 2. The molecule has 1 rings (SSSR count). The number of nitrogens with one attached hydrogen (secondary N) is 1. The molecule has 18 heavy (non-hydrogen) atoms. The number of carbonyl (C=O) groups is 1. The summed E-state index contributed by atoms with van der Waals surface area (Å²) in [6.45, 7) is 3.20. The van der Waals surface area contributed by atoms with Gasteiger partial charge in [-0.1, -0.05) is 0 Å². The molecule has 0 aromatic carbocycles. The lowest BCUT2D eigenvalue weighted by Crippen LogP contribution is -2.38. The van der Waals surface area contributed by atoms with Crippen LogP contribution in [0.3, 0.4) is 0 Å². The number of aromatic amines is 1. The molecule has 0 radical (unpaired) electrons. The Bertz CT molecular complexity index is 618. The molecule has 0 aliphatic heterocycles. The van der Waals surface area contributed by atoms with Crippen LogP contribution in [0.4, 0.5) is 0 Å². The van der Waals surface area contributed by atoms with Gasteiger partial charge in [0.2, 0.25) is 0 Å². The van der Waals surface area contributed by atoms with Crippen LogP contribution in [0.1, 0.15) is 19.4 Å². The second kappa shape index (κ2) is 4.87. The number of carbonyl (C=O) groups excluding carboxylic acids is 1. The SMILES string of the molecule is COC(=O)C(C)(C)Cn1cc(C#N)c(=O)[nH]c1=O. The molecule has 0 fully saturated rings. The molecule has 7 nitrogen and oxygen atoms in total. The summed E-state index contributed by atoms with van der Waals surface area (Å²) in [5.41, 5.74) is -2.54. The maximum Gasteiger partial charge on any atom is 0.328 e. The summed E-state index contributed by atoms with van der Waals surface area (Å²) in [6, 6.07) is 1.67. The van der Waals surface area contributed by atoms with Gasteiger partial charge in [-0.25, -0.2) is 4.79 Å². The Kier molecular flexibility index (Phi) is 3.71. The zero-order valence-electron chi connectivity index (χ0n) is 10.3. The highest BCUT2D eigenvalue weighted by Crippen LogP contribution is 2.18. The van der Waals surface area contributed by atoms with E-state index < -0.39 is 22.6 Å². The summed E-state index contributed by atoms with van der Waals surface area (Å²) < 4.78 is 5.72. The highest BCUT2D eigenvalue weighted by Gasteiger charge is 2.29. The van der Waals surface area contributed by atoms with Crippen molar-refractivity contribution in [2.75, 3.05) is 7.11 Å². The minimum atomic E-state index is -0.941. The van der Waals surface area contributed by atoms with Crippen LogP contribution in [0.2, 0.25) is 0 Å². The predicted octanol–water partition coefficient (Wildman–Crippen LogP) is -0.393. The quantitative estimate of drug-likeness (QED) is 0.736. The minimum absolute atomic E-state index is 0.00394. The van der Waals surface area contributed by atoms with Crippen LogP contribution in [0.15, 0.2) is 15.8 Å². The molecule has 0 saturated heterocycles. The van der Waals surface area contributed by atoms with Crippen molar-refractivity contribution in [3.63, 3.8) is 0 Å².